The lowest BCUT2D eigenvalue weighted by Crippen LogP contribution is -2.06. The largest absolute Gasteiger partial charge is 0.368 e. The van der Waals surface area contributed by atoms with E-state index in [4.69, 9.17) is 5.73 Å². The minimum Gasteiger partial charge on any atom is -0.368 e. The highest BCUT2D eigenvalue weighted by Crippen LogP contribution is 2.24. The molecule has 3 aromatic rings. The van der Waals surface area contributed by atoms with Gasteiger partial charge in [-0.1, -0.05) is 23.8 Å². The van der Waals surface area contributed by atoms with Crippen molar-refractivity contribution in [2.75, 3.05) is 11.1 Å². The third-order valence-electron chi connectivity index (χ3n) is 3.85. The Labute approximate surface area is 152 Å². The summed E-state index contributed by atoms with van der Waals surface area (Å²) in [6.45, 7) is 6.27. The highest BCUT2D eigenvalue weighted by molar-refractivity contribution is 7.98. The van der Waals surface area contributed by atoms with E-state index in [0.29, 0.717) is 17.5 Å². The van der Waals surface area contributed by atoms with Crippen LogP contribution in [0, 0.1) is 20.8 Å². The van der Waals surface area contributed by atoms with Gasteiger partial charge in [-0.3, -0.25) is 0 Å². The summed E-state index contributed by atoms with van der Waals surface area (Å²) in [5, 5.41) is 3.18. The average molecular weight is 351 g/mol. The van der Waals surface area contributed by atoms with Crippen molar-refractivity contribution in [1.82, 2.24) is 15.0 Å². The number of anilines is 3. The molecule has 6 heteroatoms. The molecule has 5 nitrogen and oxygen atoms in total. The summed E-state index contributed by atoms with van der Waals surface area (Å²) in [6, 6.07) is 14.5. The van der Waals surface area contributed by atoms with E-state index in [-0.39, 0.29) is 5.95 Å². The van der Waals surface area contributed by atoms with Gasteiger partial charge < -0.3 is 11.1 Å². The SMILES string of the molecule is Cc1ccc(Nc2nc(N)nc(CSc3ccc(C)c(C)c3)n2)cc1. The van der Waals surface area contributed by atoms with E-state index in [0.717, 1.165) is 5.69 Å². The zero-order chi connectivity index (χ0) is 17.8. The summed E-state index contributed by atoms with van der Waals surface area (Å²) in [4.78, 5) is 14.1. The molecule has 0 unspecified atom stereocenters. The Morgan fingerprint density at radius 1 is 0.920 bits per heavy atom. The van der Waals surface area contributed by atoms with E-state index in [2.05, 4.69) is 52.3 Å². The average Bonchev–Trinajstić information content (AvgIpc) is 2.58. The molecule has 0 bridgehead atoms. The Morgan fingerprint density at radius 3 is 2.40 bits per heavy atom. The van der Waals surface area contributed by atoms with Gasteiger partial charge in [-0.15, -0.1) is 11.8 Å². The maximum atomic E-state index is 5.84. The number of thioether (sulfide) groups is 1. The van der Waals surface area contributed by atoms with Crippen LogP contribution < -0.4 is 11.1 Å². The zero-order valence-corrected chi connectivity index (χ0v) is 15.4. The molecule has 0 radical (unpaired) electrons. The zero-order valence-electron chi connectivity index (χ0n) is 14.6. The van der Waals surface area contributed by atoms with Crippen molar-refractivity contribution in [1.29, 1.82) is 0 Å². The molecule has 128 valence electrons. The summed E-state index contributed by atoms with van der Waals surface area (Å²) >= 11 is 1.69. The van der Waals surface area contributed by atoms with Crippen LogP contribution in [-0.2, 0) is 5.75 Å². The minimum absolute atomic E-state index is 0.222. The topological polar surface area (TPSA) is 76.7 Å². The number of benzene rings is 2. The monoisotopic (exact) mass is 351 g/mol. The molecule has 3 N–H and O–H groups in total. The number of nitrogens with zero attached hydrogens (tertiary/aromatic N) is 3. The van der Waals surface area contributed by atoms with E-state index in [9.17, 15) is 0 Å². The van der Waals surface area contributed by atoms with Crippen molar-refractivity contribution in [2.24, 2.45) is 0 Å². The van der Waals surface area contributed by atoms with Gasteiger partial charge in [0.05, 0.1) is 5.75 Å². The van der Waals surface area contributed by atoms with Crippen molar-refractivity contribution in [2.45, 2.75) is 31.4 Å². The van der Waals surface area contributed by atoms with E-state index in [1.54, 1.807) is 11.8 Å². The lowest BCUT2D eigenvalue weighted by Gasteiger charge is -2.08. The van der Waals surface area contributed by atoms with Crippen molar-refractivity contribution in [3.63, 3.8) is 0 Å². The molecule has 0 amide bonds. The van der Waals surface area contributed by atoms with Crippen molar-refractivity contribution >= 4 is 29.3 Å². The van der Waals surface area contributed by atoms with Crippen LogP contribution >= 0.6 is 11.8 Å². The highest BCUT2D eigenvalue weighted by atomic mass is 32.2. The number of aromatic nitrogens is 3. The number of rotatable bonds is 5. The molecule has 2 aromatic carbocycles. The summed E-state index contributed by atoms with van der Waals surface area (Å²) < 4.78 is 0. The number of hydrogen-bond acceptors (Lipinski definition) is 6. The van der Waals surface area contributed by atoms with Gasteiger partial charge in [-0.2, -0.15) is 15.0 Å². The predicted octanol–water partition coefficient (Wildman–Crippen LogP) is 4.41. The van der Waals surface area contributed by atoms with Crippen LogP contribution in [-0.4, -0.2) is 15.0 Å². The first-order valence-corrected chi connectivity index (χ1v) is 9.02. The maximum Gasteiger partial charge on any atom is 0.232 e. The predicted molar refractivity (Wildman–Crippen MR) is 104 cm³/mol. The van der Waals surface area contributed by atoms with E-state index < -0.39 is 0 Å². The maximum absolute atomic E-state index is 5.84. The van der Waals surface area contributed by atoms with Gasteiger partial charge in [-0.25, -0.2) is 0 Å². The Kier molecular flexibility index (Phi) is 5.19. The summed E-state index contributed by atoms with van der Waals surface area (Å²) in [6.07, 6.45) is 0. The van der Waals surface area contributed by atoms with Crippen LogP contribution in [0.3, 0.4) is 0 Å². The van der Waals surface area contributed by atoms with Crippen LogP contribution in [0.2, 0.25) is 0 Å². The summed E-state index contributed by atoms with van der Waals surface area (Å²) in [7, 11) is 0. The first kappa shape index (κ1) is 17.2. The van der Waals surface area contributed by atoms with Crippen molar-refractivity contribution < 1.29 is 0 Å². The van der Waals surface area contributed by atoms with Gasteiger partial charge in [0.25, 0.3) is 0 Å². The minimum atomic E-state index is 0.222. The van der Waals surface area contributed by atoms with Crippen LogP contribution in [0.5, 0.6) is 0 Å². The fraction of sp³-hybridized carbons (Fsp3) is 0.211. The molecular weight excluding hydrogens is 330 g/mol. The van der Waals surface area contributed by atoms with Gasteiger partial charge in [0, 0.05) is 10.6 Å². The standard InChI is InChI=1S/C19H21N5S/c1-12-4-7-15(8-5-12)21-19-23-17(22-18(20)24-19)11-25-16-9-6-13(2)14(3)10-16/h4-10H,11H2,1-3H3,(H3,20,21,22,23,24). The van der Waals surface area contributed by atoms with Crippen LogP contribution in [0.25, 0.3) is 0 Å². The fourth-order valence-electron chi connectivity index (χ4n) is 2.28. The normalized spacial score (nSPS) is 10.7. The molecule has 1 aromatic heterocycles. The number of nitrogen functional groups attached to an aromatic ring is 1. The molecule has 0 aliphatic rings. The van der Waals surface area contributed by atoms with Crippen LogP contribution in [0.15, 0.2) is 47.4 Å². The van der Waals surface area contributed by atoms with E-state index in [1.807, 2.05) is 31.2 Å². The van der Waals surface area contributed by atoms with Gasteiger partial charge in [0.15, 0.2) is 0 Å². The smallest absolute Gasteiger partial charge is 0.232 e. The van der Waals surface area contributed by atoms with Gasteiger partial charge in [0.1, 0.15) is 5.82 Å². The number of aryl methyl sites for hydroxylation is 3. The van der Waals surface area contributed by atoms with Gasteiger partial charge in [0.2, 0.25) is 11.9 Å². The van der Waals surface area contributed by atoms with E-state index >= 15 is 0 Å². The van der Waals surface area contributed by atoms with Crippen molar-refractivity contribution in [3.8, 4) is 0 Å². The third kappa shape index (κ3) is 4.70. The molecule has 0 aliphatic carbocycles. The summed E-state index contributed by atoms with van der Waals surface area (Å²) in [5.74, 6) is 1.98. The molecule has 25 heavy (non-hydrogen) atoms. The first-order chi connectivity index (χ1) is 12.0. The van der Waals surface area contributed by atoms with Gasteiger partial charge in [-0.05, 0) is 56.2 Å². The molecule has 0 fully saturated rings. The highest BCUT2D eigenvalue weighted by Gasteiger charge is 2.06. The van der Waals surface area contributed by atoms with Crippen LogP contribution in [0.4, 0.5) is 17.6 Å². The Morgan fingerprint density at radius 2 is 1.68 bits per heavy atom. The molecule has 0 saturated heterocycles. The molecule has 0 saturated carbocycles. The lowest BCUT2D eigenvalue weighted by atomic mass is 10.1. The number of nitrogens with two attached hydrogens (primary N) is 1. The number of nitrogens with one attached hydrogen (secondary N) is 1. The van der Waals surface area contributed by atoms with Crippen molar-refractivity contribution in [3.05, 3.63) is 65.0 Å². The molecule has 3 rings (SSSR count). The molecule has 0 atom stereocenters. The third-order valence-corrected chi connectivity index (χ3v) is 4.84. The Hall–Kier alpha value is -2.60. The van der Waals surface area contributed by atoms with Crippen LogP contribution in [0.1, 0.15) is 22.5 Å². The van der Waals surface area contributed by atoms with E-state index in [1.165, 1.54) is 21.6 Å². The lowest BCUT2D eigenvalue weighted by molar-refractivity contribution is 0.982. The molecule has 0 aliphatic heterocycles. The second-order valence-corrected chi connectivity index (χ2v) is 7.01. The summed E-state index contributed by atoms with van der Waals surface area (Å²) in [5.41, 5.74) is 10.5. The van der Waals surface area contributed by atoms with Gasteiger partial charge >= 0.3 is 0 Å². The first-order valence-electron chi connectivity index (χ1n) is 8.04. The molecule has 1 heterocycles. The second-order valence-electron chi connectivity index (χ2n) is 5.96. The molecular formula is C19H21N5S. The quantitative estimate of drug-likeness (QED) is 0.663. The second kappa shape index (κ2) is 7.53. The Balaban J connectivity index is 1.72. The molecule has 0 spiro atoms. The fourth-order valence-corrected chi connectivity index (χ4v) is 3.13. The Bertz CT molecular complexity index is 877. The number of hydrogen-bond donors (Lipinski definition) is 2.